The van der Waals surface area contributed by atoms with Crippen molar-refractivity contribution in [3.8, 4) is 0 Å². The molecule has 1 aromatic rings. The van der Waals surface area contributed by atoms with E-state index in [4.69, 9.17) is 5.73 Å². The van der Waals surface area contributed by atoms with E-state index in [1.54, 1.807) is 0 Å². The molecular weight excluding hydrogens is 322 g/mol. The molecule has 1 aliphatic carbocycles. The normalized spacial score (nSPS) is 26.6. The Morgan fingerprint density at radius 2 is 1.96 bits per heavy atom. The lowest BCUT2D eigenvalue weighted by atomic mass is 9.78. The van der Waals surface area contributed by atoms with Gasteiger partial charge in [0.15, 0.2) is 0 Å². The van der Waals surface area contributed by atoms with Gasteiger partial charge in [0.25, 0.3) is 0 Å². The maximum atomic E-state index is 12.8. The third-order valence-electron chi connectivity index (χ3n) is 5.68. The number of hydrogen-bond donors (Lipinski definition) is 2. The van der Waals surface area contributed by atoms with Crippen molar-refractivity contribution in [1.29, 1.82) is 0 Å². The maximum Gasteiger partial charge on any atom is 0.227 e. The van der Waals surface area contributed by atoms with Crippen LogP contribution in [0.2, 0.25) is 0 Å². The monoisotopic (exact) mass is 351 g/mol. The summed E-state index contributed by atoms with van der Waals surface area (Å²) in [4.78, 5) is 14.8. The molecule has 0 spiro atoms. The minimum Gasteiger partial charge on any atom is -0.398 e. The summed E-state index contributed by atoms with van der Waals surface area (Å²) < 4.78 is 0. The van der Waals surface area contributed by atoms with Gasteiger partial charge in [-0.1, -0.05) is 31.0 Å². The maximum absolute atomic E-state index is 12.8. The Balaban J connectivity index is 0.00000208. The van der Waals surface area contributed by atoms with Crippen molar-refractivity contribution < 1.29 is 4.79 Å². The highest BCUT2D eigenvalue weighted by molar-refractivity contribution is 5.85. The molecule has 2 fully saturated rings. The molecule has 1 saturated carbocycles. The molecule has 0 aromatic heterocycles. The Kier molecular flexibility index (Phi) is 6.93. The van der Waals surface area contributed by atoms with Crippen molar-refractivity contribution in [2.45, 2.75) is 57.0 Å². The lowest BCUT2D eigenvalue weighted by Crippen LogP contribution is -2.50. The lowest BCUT2D eigenvalue weighted by Gasteiger charge is -2.41. The summed E-state index contributed by atoms with van der Waals surface area (Å²) >= 11 is 0. The van der Waals surface area contributed by atoms with Crippen molar-refractivity contribution in [3.63, 3.8) is 0 Å². The van der Waals surface area contributed by atoms with E-state index in [1.165, 1.54) is 32.1 Å². The molecule has 2 aliphatic rings. The van der Waals surface area contributed by atoms with E-state index in [-0.39, 0.29) is 18.3 Å². The first-order chi connectivity index (χ1) is 11.2. The number of nitrogens with two attached hydrogens (primary N) is 1. The molecule has 134 valence electrons. The third-order valence-corrected chi connectivity index (χ3v) is 5.68. The molecule has 3 N–H and O–H groups in total. The standard InChI is InChI=1S/C19H29N3O.ClH/c1-22(19(23)13-14-7-2-4-9-16(14)20)18-11-5-3-8-15(18)17-10-6-12-21-17;/h2,4,7,9,15,17-18,21H,3,5-6,8,10-13,20H2,1H3;1H. The molecular formula is C19H30ClN3O. The molecule has 3 rings (SSSR count). The van der Waals surface area contributed by atoms with Gasteiger partial charge in [0.05, 0.1) is 6.42 Å². The number of benzene rings is 1. The number of likely N-dealkylation sites (N-methyl/N-ethyl adjacent to an activating group) is 1. The average molecular weight is 352 g/mol. The fourth-order valence-electron chi connectivity index (χ4n) is 4.33. The van der Waals surface area contributed by atoms with E-state index < -0.39 is 0 Å². The number of nitrogens with zero attached hydrogens (tertiary/aromatic N) is 1. The van der Waals surface area contributed by atoms with Gasteiger partial charge >= 0.3 is 0 Å². The van der Waals surface area contributed by atoms with Crippen LogP contribution < -0.4 is 11.1 Å². The van der Waals surface area contributed by atoms with Gasteiger partial charge in [-0.3, -0.25) is 4.79 Å². The van der Waals surface area contributed by atoms with Crippen LogP contribution in [0.1, 0.15) is 44.1 Å². The molecule has 3 unspecified atom stereocenters. The number of halogens is 1. The van der Waals surface area contributed by atoms with E-state index in [2.05, 4.69) is 5.32 Å². The van der Waals surface area contributed by atoms with Crippen LogP contribution in [0.3, 0.4) is 0 Å². The average Bonchev–Trinajstić information content (AvgIpc) is 3.10. The highest BCUT2D eigenvalue weighted by Gasteiger charge is 2.36. The number of rotatable bonds is 4. The second kappa shape index (κ2) is 8.72. The zero-order chi connectivity index (χ0) is 16.2. The molecule has 1 amide bonds. The van der Waals surface area contributed by atoms with E-state index in [9.17, 15) is 4.79 Å². The molecule has 3 atom stereocenters. The fourth-order valence-corrected chi connectivity index (χ4v) is 4.33. The van der Waals surface area contributed by atoms with Gasteiger partial charge in [-0.15, -0.1) is 12.4 Å². The first-order valence-electron chi connectivity index (χ1n) is 8.99. The van der Waals surface area contributed by atoms with Crippen LogP contribution in [0.4, 0.5) is 5.69 Å². The molecule has 4 nitrogen and oxygen atoms in total. The largest absolute Gasteiger partial charge is 0.398 e. The zero-order valence-electron chi connectivity index (χ0n) is 14.5. The number of para-hydroxylation sites is 1. The van der Waals surface area contributed by atoms with Crippen molar-refractivity contribution in [2.75, 3.05) is 19.3 Å². The topological polar surface area (TPSA) is 58.4 Å². The van der Waals surface area contributed by atoms with E-state index in [0.717, 1.165) is 18.5 Å². The molecule has 5 heteroatoms. The van der Waals surface area contributed by atoms with E-state index in [0.29, 0.717) is 30.1 Å². The number of amides is 1. The zero-order valence-corrected chi connectivity index (χ0v) is 15.4. The number of nitrogen functional groups attached to an aromatic ring is 1. The fraction of sp³-hybridized carbons (Fsp3) is 0.632. The van der Waals surface area contributed by atoms with Crippen molar-refractivity contribution in [2.24, 2.45) is 5.92 Å². The minimum atomic E-state index is 0. The van der Waals surface area contributed by atoms with Gasteiger partial charge in [0, 0.05) is 24.8 Å². The Bertz CT molecular complexity index is 545. The summed E-state index contributed by atoms with van der Waals surface area (Å²) in [7, 11) is 1.99. The van der Waals surface area contributed by atoms with Crippen LogP contribution >= 0.6 is 12.4 Å². The number of hydrogen-bond acceptors (Lipinski definition) is 3. The molecule has 1 heterocycles. The van der Waals surface area contributed by atoms with Crippen LogP contribution in [-0.4, -0.2) is 36.5 Å². The number of carbonyl (C=O) groups is 1. The first kappa shape index (κ1) is 19.1. The van der Waals surface area contributed by atoms with Crippen molar-refractivity contribution >= 4 is 24.0 Å². The Hall–Kier alpha value is -1.26. The Morgan fingerprint density at radius 1 is 1.21 bits per heavy atom. The Labute approximate surface area is 151 Å². The van der Waals surface area contributed by atoms with Gasteiger partial charge in [0.2, 0.25) is 5.91 Å². The predicted molar refractivity (Wildman–Crippen MR) is 101 cm³/mol. The predicted octanol–water partition coefficient (Wildman–Crippen LogP) is 3.00. The molecule has 0 bridgehead atoms. The second-order valence-electron chi connectivity index (χ2n) is 7.10. The summed E-state index contributed by atoms with van der Waals surface area (Å²) in [6.45, 7) is 1.13. The molecule has 1 saturated heterocycles. The van der Waals surface area contributed by atoms with Crippen LogP contribution in [0.5, 0.6) is 0 Å². The Morgan fingerprint density at radius 3 is 2.67 bits per heavy atom. The second-order valence-corrected chi connectivity index (χ2v) is 7.10. The van der Waals surface area contributed by atoms with Crippen LogP contribution in [0.25, 0.3) is 0 Å². The summed E-state index contributed by atoms with van der Waals surface area (Å²) in [6.07, 6.45) is 7.85. The van der Waals surface area contributed by atoms with Crippen LogP contribution in [0.15, 0.2) is 24.3 Å². The van der Waals surface area contributed by atoms with Crippen LogP contribution in [0, 0.1) is 5.92 Å². The smallest absolute Gasteiger partial charge is 0.227 e. The van der Waals surface area contributed by atoms with E-state index >= 15 is 0 Å². The van der Waals surface area contributed by atoms with Gasteiger partial charge in [-0.2, -0.15) is 0 Å². The van der Waals surface area contributed by atoms with E-state index in [1.807, 2.05) is 36.2 Å². The summed E-state index contributed by atoms with van der Waals surface area (Å²) in [5.74, 6) is 0.797. The molecule has 0 radical (unpaired) electrons. The minimum absolute atomic E-state index is 0. The van der Waals surface area contributed by atoms with Gasteiger partial charge < -0.3 is 16.0 Å². The quantitative estimate of drug-likeness (QED) is 0.820. The van der Waals surface area contributed by atoms with Gasteiger partial charge in [-0.25, -0.2) is 0 Å². The van der Waals surface area contributed by atoms with Gasteiger partial charge in [-0.05, 0) is 49.8 Å². The third kappa shape index (κ3) is 4.22. The van der Waals surface area contributed by atoms with Crippen molar-refractivity contribution in [3.05, 3.63) is 29.8 Å². The summed E-state index contributed by atoms with van der Waals surface area (Å²) in [6, 6.07) is 8.65. The first-order valence-corrected chi connectivity index (χ1v) is 8.99. The summed E-state index contributed by atoms with van der Waals surface area (Å²) in [5.41, 5.74) is 7.65. The SMILES string of the molecule is CN(C(=O)Cc1ccccc1N)C1CCCCC1C1CCCN1.Cl. The molecule has 1 aromatic carbocycles. The lowest BCUT2D eigenvalue weighted by molar-refractivity contribution is -0.133. The highest BCUT2D eigenvalue weighted by Crippen LogP contribution is 2.33. The van der Waals surface area contributed by atoms with Crippen LogP contribution in [-0.2, 0) is 11.2 Å². The number of nitrogens with one attached hydrogen (secondary N) is 1. The highest BCUT2D eigenvalue weighted by atomic mass is 35.5. The number of anilines is 1. The molecule has 24 heavy (non-hydrogen) atoms. The van der Waals surface area contributed by atoms with Crippen molar-refractivity contribution in [1.82, 2.24) is 10.2 Å². The number of carbonyl (C=O) groups excluding carboxylic acids is 1. The summed E-state index contributed by atoms with van der Waals surface area (Å²) in [5, 5.41) is 3.65. The molecule has 1 aliphatic heterocycles. The van der Waals surface area contributed by atoms with Gasteiger partial charge in [0.1, 0.15) is 0 Å².